The van der Waals surface area contributed by atoms with E-state index >= 15 is 0 Å². The minimum Gasteiger partial charge on any atom is -0.454 e. The van der Waals surface area contributed by atoms with E-state index < -0.39 is 9.84 Å². The van der Waals surface area contributed by atoms with E-state index in [1.54, 1.807) is 0 Å². The second kappa shape index (κ2) is 5.13. The second-order valence-corrected chi connectivity index (χ2v) is 8.99. The Hall–Kier alpha value is -1.27. The molecular weight excluding hydrogens is 302 g/mol. The first-order chi connectivity index (χ1) is 10.6. The molecule has 6 heteroatoms. The topological polar surface area (TPSA) is 55.8 Å². The molecule has 0 radical (unpaired) electrons. The molecular formula is C16H21NO4S. The molecule has 1 unspecified atom stereocenters. The van der Waals surface area contributed by atoms with Gasteiger partial charge in [-0.15, -0.1) is 0 Å². The zero-order valence-corrected chi connectivity index (χ0v) is 13.4. The summed E-state index contributed by atoms with van der Waals surface area (Å²) in [6.07, 6.45) is 2.93. The number of hydrogen-bond acceptors (Lipinski definition) is 5. The molecule has 0 N–H and O–H groups in total. The fourth-order valence-electron chi connectivity index (χ4n) is 4.11. The van der Waals surface area contributed by atoms with E-state index in [0.717, 1.165) is 56.0 Å². The lowest BCUT2D eigenvalue weighted by Gasteiger charge is -2.39. The van der Waals surface area contributed by atoms with Crippen LogP contribution in [0.1, 0.15) is 24.8 Å². The van der Waals surface area contributed by atoms with Crippen LogP contribution in [-0.4, -0.2) is 44.7 Å². The third-order valence-corrected chi connectivity index (χ3v) is 6.96. The third kappa shape index (κ3) is 2.58. The predicted molar refractivity (Wildman–Crippen MR) is 82.8 cm³/mol. The summed E-state index contributed by atoms with van der Waals surface area (Å²) in [4.78, 5) is 2.38. The zero-order chi connectivity index (χ0) is 15.2. The van der Waals surface area contributed by atoms with E-state index in [0.29, 0.717) is 11.5 Å². The molecule has 3 aliphatic heterocycles. The Kier molecular flexibility index (Phi) is 3.34. The van der Waals surface area contributed by atoms with E-state index in [-0.39, 0.29) is 12.2 Å². The molecule has 0 aromatic heterocycles. The van der Waals surface area contributed by atoms with Crippen LogP contribution in [0.25, 0.3) is 0 Å². The lowest BCUT2D eigenvalue weighted by atomic mass is 9.79. The number of likely N-dealkylation sites (tertiary alicyclic amines) is 1. The van der Waals surface area contributed by atoms with Crippen LogP contribution in [0.4, 0.5) is 0 Å². The molecule has 4 rings (SSSR count). The van der Waals surface area contributed by atoms with Crippen molar-refractivity contribution in [3.63, 3.8) is 0 Å². The molecule has 1 atom stereocenters. The van der Waals surface area contributed by atoms with Gasteiger partial charge in [0.05, 0.1) is 11.5 Å². The normalized spacial score (nSPS) is 30.0. The second-order valence-electron chi connectivity index (χ2n) is 6.81. The van der Waals surface area contributed by atoms with Crippen molar-refractivity contribution in [1.82, 2.24) is 4.90 Å². The van der Waals surface area contributed by atoms with Crippen molar-refractivity contribution in [2.75, 3.05) is 31.4 Å². The lowest BCUT2D eigenvalue weighted by Crippen LogP contribution is -2.43. The Morgan fingerprint density at radius 2 is 2.14 bits per heavy atom. The zero-order valence-electron chi connectivity index (χ0n) is 12.6. The summed E-state index contributed by atoms with van der Waals surface area (Å²) < 4.78 is 34.7. The predicted octanol–water partition coefficient (Wildman–Crippen LogP) is 1.82. The molecule has 0 amide bonds. The van der Waals surface area contributed by atoms with E-state index in [2.05, 4.69) is 11.0 Å². The van der Waals surface area contributed by atoms with E-state index in [9.17, 15) is 8.42 Å². The Labute approximate surface area is 131 Å². The average Bonchev–Trinajstić information content (AvgIpc) is 3.05. The van der Waals surface area contributed by atoms with Crippen molar-refractivity contribution in [2.24, 2.45) is 5.41 Å². The molecule has 2 saturated heterocycles. The van der Waals surface area contributed by atoms with E-state index in [1.807, 2.05) is 12.1 Å². The van der Waals surface area contributed by atoms with Crippen LogP contribution >= 0.6 is 0 Å². The highest BCUT2D eigenvalue weighted by Gasteiger charge is 2.44. The quantitative estimate of drug-likeness (QED) is 0.831. The molecule has 2 fully saturated rings. The first kappa shape index (κ1) is 14.3. The molecule has 3 aliphatic rings. The van der Waals surface area contributed by atoms with Crippen LogP contribution in [0, 0.1) is 5.41 Å². The Morgan fingerprint density at radius 3 is 2.95 bits per heavy atom. The van der Waals surface area contributed by atoms with Crippen molar-refractivity contribution >= 4 is 9.84 Å². The van der Waals surface area contributed by atoms with E-state index in [1.165, 1.54) is 0 Å². The highest BCUT2D eigenvalue weighted by molar-refractivity contribution is 7.91. The summed E-state index contributed by atoms with van der Waals surface area (Å²) in [5.41, 5.74) is 1.11. The maximum absolute atomic E-state index is 11.9. The summed E-state index contributed by atoms with van der Waals surface area (Å²) in [5.74, 6) is 2.38. The largest absolute Gasteiger partial charge is 0.454 e. The van der Waals surface area contributed by atoms with Gasteiger partial charge in [0.1, 0.15) is 0 Å². The van der Waals surface area contributed by atoms with Gasteiger partial charge in [-0.2, -0.15) is 0 Å². The number of fused-ring (bicyclic) bond motifs is 1. The first-order valence-corrected chi connectivity index (χ1v) is 9.68. The van der Waals surface area contributed by atoms with Crippen LogP contribution in [0.2, 0.25) is 0 Å². The summed E-state index contributed by atoms with van der Waals surface area (Å²) in [6.45, 7) is 2.98. The number of benzene rings is 1. The smallest absolute Gasteiger partial charge is 0.231 e. The molecule has 22 heavy (non-hydrogen) atoms. The number of sulfone groups is 1. The number of rotatable bonds is 2. The van der Waals surface area contributed by atoms with Gasteiger partial charge < -0.3 is 9.47 Å². The van der Waals surface area contributed by atoms with Gasteiger partial charge in [0.15, 0.2) is 21.3 Å². The molecule has 0 saturated carbocycles. The highest BCUT2D eigenvalue weighted by Crippen LogP contribution is 2.42. The fraction of sp³-hybridized carbons (Fsp3) is 0.625. The van der Waals surface area contributed by atoms with Crippen LogP contribution in [0.5, 0.6) is 11.5 Å². The molecule has 5 nitrogen and oxygen atoms in total. The first-order valence-electron chi connectivity index (χ1n) is 7.86. The minimum atomic E-state index is -2.83. The monoisotopic (exact) mass is 323 g/mol. The molecule has 120 valence electrons. The standard InChI is InChI=1S/C16H21NO4S/c18-22(19)8-6-16(11-22)5-2-7-17(10-16)9-13-3-1-4-14-15(13)21-12-20-14/h1,3-4H,2,5-12H2. The van der Waals surface area contributed by atoms with Crippen molar-refractivity contribution < 1.29 is 17.9 Å². The van der Waals surface area contributed by atoms with E-state index in [4.69, 9.17) is 9.47 Å². The SMILES string of the molecule is O=S1(=O)CCC2(CCCN(Cc3cccc4c3OCO4)C2)C1. The molecule has 1 spiro atoms. The summed E-state index contributed by atoms with van der Waals surface area (Å²) in [5, 5.41) is 0. The van der Waals surface area contributed by atoms with Crippen molar-refractivity contribution in [1.29, 1.82) is 0 Å². The summed E-state index contributed by atoms with van der Waals surface area (Å²) in [7, 11) is -2.83. The lowest BCUT2D eigenvalue weighted by molar-refractivity contribution is 0.101. The van der Waals surface area contributed by atoms with Gasteiger partial charge in [0.2, 0.25) is 6.79 Å². The Balaban J connectivity index is 1.51. The minimum absolute atomic E-state index is 0.0214. The number of para-hydroxylation sites is 1. The number of nitrogens with zero attached hydrogens (tertiary/aromatic N) is 1. The maximum atomic E-state index is 11.9. The van der Waals surface area contributed by atoms with Gasteiger partial charge in [-0.25, -0.2) is 8.42 Å². The van der Waals surface area contributed by atoms with Crippen molar-refractivity contribution in [2.45, 2.75) is 25.8 Å². The number of piperidine rings is 1. The molecule has 0 bridgehead atoms. The van der Waals surface area contributed by atoms with Gasteiger partial charge >= 0.3 is 0 Å². The molecule has 1 aromatic carbocycles. The maximum Gasteiger partial charge on any atom is 0.231 e. The van der Waals surface area contributed by atoms with Crippen molar-refractivity contribution in [3.05, 3.63) is 23.8 Å². The molecule has 0 aliphatic carbocycles. The number of ether oxygens (including phenoxy) is 2. The van der Waals surface area contributed by atoms with Crippen LogP contribution in [-0.2, 0) is 16.4 Å². The molecule has 1 aromatic rings. The average molecular weight is 323 g/mol. The van der Waals surface area contributed by atoms with Gasteiger partial charge in [0, 0.05) is 18.7 Å². The highest BCUT2D eigenvalue weighted by atomic mass is 32.2. The third-order valence-electron chi connectivity index (χ3n) is 5.08. The summed E-state index contributed by atoms with van der Waals surface area (Å²) >= 11 is 0. The Bertz CT molecular complexity index is 687. The van der Waals surface area contributed by atoms with Gasteiger partial charge in [-0.3, -0.25) is 4.90 Å². The van der Waals surface area contributed by atoms with Gasteiger partial charge in [-0.1, -0.05) is 12.1 Å². The molecule has 3 heterocycles. The van der Waals surface area contributed by atoms with Gasteiger partial charge in [-0.05, 0) is 37.3 Å². The number of hydrogen-bond donors (Lipinski definition) is 0. The fourth-order valence-corrected chi connectivity index (χ4v) is 6.31. The van der Waals surface area contributed by atoms with Crippen LogP contribution in [0.15, 0.2) is 18.2 Å². The van der Waals surface area contributed by atoms with Crippen LogP contribution < -0.4 is 9.47 Å². The summed E-state index contributed by atoms with van der Waals surface area (Å²) in [6, 6.07) is 5.98. The van der Waals surface area contributed by atoms with Crippen molar-refractivity contribution in [3.8, 4) is 11.5 Å². The Morgan fingerprint density at radius 1 is 1.23 bits per heavy atom. The van der Waals surface area contributed by atoms with Crippen LogP contribution in [0.3, 0.4) is 0 Å². The van der Waals surface area contributed by atoms with Gasteiger partial charge in [0.25, 0.3) is 0 Å².